The van der Waals surface area contributed by atoms with Crippen LogP contribution >= 0.6 is 22.9 Å². The molecule has 0 saturated carbocycles. The third-order valence-electron chi connectivity index (χ3n) is 2.54. The van der Waals surface area contributed by atoms with E-state index in [0.717, 1.165) is 0 Å². The topological polar surface area (TPSA) is 72.5 Å². The third kappa shape index (κ3) is 5.71. The van der Waals surface area contributed by atoms with Crippen molar-refractivity contribution in [3.8, 4) is 0 Å². The molecule has 0 radical (unpaired) electrons. The van der Waals surface area contributed by atoms with Gasteiger partial charge in [-0.15, -0.1) is 11.3 Å². The van der Waals surface area contributed by atoms with Crippen LogP contribution in [0.5, 0.6) is 0 Å². The maximum Gasteiger partial charge on any atom is 0.307 e. The summed E-state index contributed by atoms with van der Waals surface area (Å²) in [6.45, 7) is 1.70. The summed E-state index contributed by atoms with van der Waals surface area (Å²) in [4.78, 5) is 35.0. The summed E-state index contributed by atoms with van der Waals surface area (Å²) in [6.07, 6.45) is 0.310. The van der Waals surface area contributed by atoms with Gasteiger partial charge < -0.3 is 10.1 Å². The van der Waals surface area contributed by atoms with Crippen LogP contribution < -0.4 is 5.32 Å². The smallest absolute Gasteiger partial charge is 0.307 e. The lowest BCUT2D eigenvalue weighted by Gasteiger charge is -2.12. The fraction of sp³-hybridized carbons (Fsp3) is 0.462. The molecule has 0 saturated heterocycles. The number of halogens is 1. The minimum absolute atomic E-state index is 0.0832. The van der Waals surface area contributed by atoms with E-state index in [-0.39, 0.29) is 43.0 Å². The molecule has 0 aromatic carbocycles. The Labute approximate surface area is 126 Å². The summed E-state index contributed by atoms with van der Waals surface area (Å²) < 4.78 is 5.05. The van der Waals surface area contributed by atoms with Crippen LogP contribution in [0.25, 0.3) is 0 Å². The molecular formula is C13H16ClNO4S. The highest BCUT2D eigenvalue weighted by atomic mass is 35.5. The summed E-state index contributed by atoms with van der Waals surface area (Å²) in [5.41, 5.74) is 0. The van der Waals surface area contributed by atoms with Crippen LogP contribution in [0.1, 0.15) is 35.9 Å². The van der Waals surface area contributed by atoms with Gasteiger partial charge in [0.15, 0.2) is 5.78 Å². The predicted octanol–water partition coefficient (Wildman–Crippen LogP) is 2.43. The predicted molar refractivity (Wildman–Crippen MR) is 77.1 cm³/mol. The van der Waals surface area contributed by atoms with E-state index in [4.69, 9.17) is 11.6 Å². The number of hydrogen-bond acceptors (Lipinski definition) is 5. The number of nitrogens with one attached hydrogen (secondary N) is 1. The van der Waals surface area contributed by atoms with E-state index < -0.39 is 0 Å². The zero-order valence-corrected chi connectivity index (χ0v) is 12.8. The van der Waals surface area contributed by atoms with Gasteiger partial charge in [0.2, 0.25) is 5.91 Å². The molecule has 0 fully saturated rings. The van der Waals surface area contributed by atoms with Crippen LogP contribution in [-0.2, 0) is 14.3 Å². The van der Waals surface area contributed by atoms with Gasteiger partial charge in [0.05, 0.1) is 22.7 Å². The van der Waals surface area contributed by atoms with Crippen molar-refractivity contribution in [2.24, 2.45) is 0 Å². The number of esters is 1. The average Bonchev–Trinajstić information content (AvgIpc) is 2.82. The van der Waals surface area contributed by atoms with Gasteiger partial charge >= 0.3 is 5.97 Å². The summed E-state index contributed by atoms with van der Waals surface area (Å²) in [5, 5.41) is 2.64. The van der Waals surface area contributed by atoms with Crippen LogP contribution in [0, 0.1) is 0 Å². The molecule has 1 heterocycles. The van der Waals surface area contributed by atoms with Crippen molar-refractivity contribution in [3.05, 3.63) is 21.3 Å². The summed E-state index contributed by atoms with van der Waals surface area (Å²) in [6, 6.07) is 2.98. The van der Waals surface area contributed by atoms with E-state index in [0.29, 0.717) is 9.21 Å². The van der Waals surface area contributed by atoms with E-state index in [1.54, 1.807) is 19.1 Å². The highest BCUT2D eigenvalue weighted by Crippen LogP contribution is 2.22. The van der Waals surface area contributed by atoms with Gasteiger partial charge in [-0.25, -0.2) is 0 Å². The number of carbonyl (C=O) groups excluding carboxylic acids is 3. The van der Waals surface area contributed by atoms with Crippen LogP contribution in [0.2, 0.25) is 4.34 Å². The molecule has 1 aromatic heterocycles. The number of rotatable bonds is 7. The summed E-state index contributed by atoms with van der Waals surface area (Å²) in [7, 11) is 1.29. The van der Waals surface area contributed by atoms with Crippen LogP contribution in [0.3, 0.4) is 0 Å². The Bertz CT molecular complexity index is 500. The van der Waals surface area contributed by atoms with Gasteiger partial charge in [0.25, 0.3) is 0 Å². The standard InChI is InChI=1S/C13H16ClNO4S/c1-8(7-13(18)19-2)15-12(17)6-3-9(16)10-4-5-11(14)20-10/h4-5,8H,3,6-7H2,1-2H3,(H,15,17)/t8-/m0/s1. The van der Waals surface area contributed by atoms with Gasteiger partial charge in [0.1, 0.15) is 0 Å². The number of Topliss-reactive ketones (excluding diaryl/α,β-unsaturated/α-hetero) is 1. The highest BCUT2D eigenvalue weighted by Gasteiger charge is 2.14. The summed E-state index contributed by atoms with van der Waals surface area (Å²) in [5.74, 6) is -0.766. The molecule has 0 unspecified atom stereocenters. The minimum atomic E-state index is -0.387. The van der Waals surface area contributed by atoms with Crippen molar-refractivity contribution in [1.29, 1.82) is 0 Å². The maximum atomic E-state index is 11.8. The first kappa shape index (κ1) is 16.7. The average molecular weight is 318 g/mol. The van der Waals surface area contributed by atoms with Crippen molar-refractivity contribution >= 4 is 40.6 Å². The van der Waals surface area contributed by atoms with Gasteiger partial charge in [-0.2, -0.15) is 0 Å². The van der Waals surface area contributed by atoms with Crippen molar-refractivity contribution in [1.82, 2.24) is 5.32 Å². The molecule has 1 amide bonds. The van der Waals surface area contributed by atoms with Crippen LogP contribution in [0.15, 0.2) is 12.1 Å². The zero-order chi connectivity index (χ0) is 15.1. The molecule has 110 valence electrons. The molecular weight excluding hydrogens is 302 g/mol. The molecule has 1 aromatic rings. The first-order valence-electron chi connectivity index (χ1n) is 6.07. The first-order chi connectivity index (χ1) is 9.42. The molecule has 0 aliphatic rings. The second kappa shape index (κ2) is 8.01. The van der Waals surface area contributed by atoms with Gasteiger partial charge in [-0.05, 0) is 19.1 Å². The van der Waals surface area contributed by atoms with Crippen LogP contribution in [-0.4, -0.2) is 30.8 Å². The van der Waals surface area contributed by atoms with Crippen molar-refractivity contribution < 1.29 is 19.1 Å². The van der Waals surface area contributed by atoms with E-state index in [9.17, 15) is 14.4 Å². The highest BCUT2D eigenvalue weighted by molar-refractivity contribution is 7.18. The number of thiophene rings is 1. The molecule has 5 nitrogen and oxygen atoms in total. The molecule has 0 bridgehead atoms. The Morgan fingerprint density at radius 1 is 1.35 bits per heavy atom. The molecule has 1 atom stereocenters. The fourth-order valence-electron chi connectivity index (χ4n) is 1.55. The molecule has 1 rings (SSSR count). The van der Waals surface area contributed by atoms with E-state index in [1.165, 1.54) is 18.4 Å². The first-order valence-corrected chi connectivity index (χ1v) is 7.26. The normalized spacial score (nSPS) is 11.8. The zero-order valence-electron chi connectivity index (χ0n) is 11.3. The number of ether oxygens (including phenoxy) is 1. The quantitative estimate of drug-likeness (QED) is 0.619. The Morgan fingerprint density at radius 3 is 2.60 bits per heavy atom. The number of methoxy groups -OCH3 is 1. The Morgan fingerprint density at radius 2 is 2.05 bits per heavy atom. The Kier molecular flexibility index (Phi) is 6.67. The second-order valence-corrected chi connectivity index (χ2v) is 5.99. The van der Waals surface area contributed by atoms with Crippen molar-refractivity contribution in [3.63, 3.8) is 0 Å². The molecule has 20 heavy (non-hydrogen) atoms. The second-order valence-electron chi connectivity index (χ2n) is 4.28. The van der Waals surface area contributed by atoms with Crippen molar-refractivity contribution in [2.75, 3.05) is 7.11 Å². The molecule has 0 aliphatic carbocycles. The van der Waals surface area contributed by atoms with Gasteiger partial charge in [0, 0.05) is 18.9 Å². The molecule has 0 spiro atoms. The third-order valence-corrected chi connectivity index (χ3v) is 3.81. The molecule has 0 aliphatic heterocycles. The minimum Gasteiger partial charge on any atom is -0.469 e. The molecule has 1 N–H and O–H groups in total. The number of ketones is 1. The van der Waals surface area contributed by atoms with Crippen molar-refractivity contribution in [2.45, 2.75) is 32.2 Å². The SMILES string of the molecule is COC(=O)C[C@H](C)NC(=O)CCC(=O)c1ccc(Cl)s1. The van der Waals surface area contributed by atoms with Gasteiger partial charge in [-0.3, -0.25) is 14.4 Å². The number of amides is 1. The summed E-state index contributed by atoms with van der Waals surface area (Å²) >= 11 is 6.94. The lowest BCUT2D eigenvalue weighted by Crippen LogP contribution is -2.34. The molecule has 7 heteroatoms. The monoisotopic (exact) mass is 317 g/mol. The van der Waals surface area contributed by atoms with E-state index in [2.05, 4.69) is 10.1 Å². The lowest BCUT2D eigenvalue weighted by atomic mass is 10.1. The van der Waals surface area contributed by atoms with Gasteiger partial charge in [-0.1, -0.05) is 11.6 Å². The Balaban J connectivity index is 2.32. The Hall–Kier alpha value is -1.40. The van der Waals surface area contributed by atoms with E-state index in [1.807, 2.05) is 0 Å². The fourth-order valence-corrected chi connectivity index (χ4v) is 2.56. The lowest BCUT2D eigenvalue weighted by molar-refractivity contribution is -0.141. The number of carbonyl (C=O) groups is 3. The van der Waals surface area contributed by atoms with E-state index >= 15 is 0 Å². The largest absolute Gasteiger partial charge is 0.469 e. The maximum absolute atomic E-state index is 11.8. The number of hydrogen-bond donors (Lipinski definition) is 1. The van der Waals surface area contributed by atoms with Crippen LogP contribution in [0.4, 0.5) is 0 Å².